The monoisotopic (exact) mass is 227 g/mol. The smallest absolute Gasteiger partial charge is 0.0320 e. The van der Waals surface area contributed by atoms with Gasteiger partial charge in [-0.2, -0.15) is 0 Å². The number of fused-ring (bicyclic) bond motifs is 1. The number of nitrogens with one attached hydrogen (secondary N) is 1. The molecule has 1 nitrogen and oxygen atoms in total. The molecule has 0 spiro atoms. The van der Waals surface area contributed by atoms with Crippen molar-refractivity contribution in [1.82, 2.24) is 5.32 Å². The Morgan fingerprint density at radius 1 is 1.00 bits per heavy atom. The Balaban J connectivity index is 2.34. The SMILES string of the molecule is CNC(CC(C)C)c1ccc2ccccc2c1. The molecule has 0 aliphatic rings. The van der Waals surface area contributed by atoms with Gasteiger partial charge in [0.2, 0.25) is 0 Å². The molecule has 0 amide bonds. The van der Waals surface area contributed by atoms with Crippen LogP contribution in [0.2, 0.25) is 0 Å². The lowest BCUT2D eigenvalue weighted by Crippen LogP contribution is -2.18. The van der Waals surface area contributed by atoms with Crippen LogP contribution in [0.4, 0.5) is 0 Å². The van der Waals surface area contributed by atoms with E-state index in [2.05, 4.69) is 61.6 Å². The van der Waals surface area contributed by atoms with Gasteiger partial charge in [-0.1, -0.05) is 50.2 Å². The zero-order chi connectivity index (χ0) is 12.3. The quantitative estimate of drug-likeness (QED) is 0.827. The lowest BCUT2D eigenvalue weighted by Gasteiger charge is -2.19. The third-order valence-corrected chi connectivity index (χ3v) is 3.23. The lowest BCUT2D eigenvalue weighted by atomic mass is 9.95. The molecule has 1 N–H and O–H groups in total. The fourth-order valence-corrected chi connectivity index (χ4v) is 2.32. The second-order valence-electron chi connectivity index (χ2n) is 5.08. The average molecular weight is 227 g/mol. The summed E-state index contributed by atoms with van der Waals surface area (Å²) in [5.74, 6) is 0.707. The summed E-state index contributed by atoms with van der Waals surface area (Å²) < 4.78 is 0. The predicted molar refractivity (Wildman–Crippen MR) is 75.2 cm³/mol. The van der Waals surface area contributed by atoms with Crippen molar-refractivity contribution in [1.29, 1.82) is 0 Å². The summed E-state index contributed by atoms with van der Waals surface area (Å²) in [5.41, 5.74) is 1.39. The van der Waals surface area contributed by atoms with Gasteiger partial charge in [0.05, 0.1) is 0 Å². The second kappa shape index (κ2) is 5.33. The van der Waals surface area contributed by atoms with Gasteiger partial charge in [-0.3, -0.25) is 0 Å². The molecule has 0 saturated heterocycles. The van der Waals surface area contributed by atoms with Crippen molar-refractivity contribution in [2.24, 2.45) is 5.92 Å². The number of hydrogen-bond acceptors (Lipinski definition) is 1. The largest absolute Gasteiger partial charge is 0.313 e. The van der Waals surface area contributed by atoms with E-state index in [1.807, 2.05) is 7.05 Å². The molecule has 2 aromatic carbocycles. The standard InChI is InChI=1S/C16H21N/c1-12(2)10-16(17-3)15-9-8-13-6-4-5-7-14(13)11-15/h4-9,11-12,16-17H,10H2,1-3H3. The molecule has 0 fully saturated rings. The summed E-state index contributed by atoms with van der Waals surface area (Å²) in [6.45, 7) is 4.54. The first-order valence-corrected chi connectivity index (χ1v) is 6.36. The van der Waals surface area contributed by atoms with E-state index in [-0.39, 0.29) is 0 Å². The molecule has 0 saturated carbocycles. The van der Waals surface area contributed by atoms with E-state index in [0.29, 0.717) is 12.0 Å². The van der Waals surface area contributed by atoms with Crippen molar-refractivity contribution >= 4 is 10.8 Å². The van der Waals surface area contributed by atoms with Crippen LogP contribution < -0.4 is 5.32 Å². The van der Waals surface area contributed by atoms with Crippen LogP contribution in [-0.2, 0) is 0 Å². The molecule has 0 radical (unpaired) electrons. The molecule has 0 aromatic heterocycles. The van der Waals surface area contributed by atoms with Gasteiger partial charge >= 0.3 is 0 Å². The van der Waals surface area contributed by atoms with Crippen LogP contribution in [0.5, 0.6) is 0 Å². The molecular formula is C16H21N. The van der Waals surface area contributed by atoms with Crippen molar-refractivity contribution in [2.45, 2.75) is 26.3 Å². The third kappa shape index (κ3) is 2.86. The van der Waals surface area contributed by atoms with Gasteiger partial charge in [0.15, 0.2) is 0 Å². The van der Waals surface area contributed by atoms with Gasteiger partial charge in [0.25, 0.3) is 0 Å². The van der Waals surface area contributed by atoms with E-state index in [0.717, 1.165) is 0 Å². The number of rotatable bonds is 4. The summed E-state index contributed by atoms with van der Waals surface area (Å²) in [4.78, 5) is 0. The summed E-state index contributed by atoms with van der Waals surface area (Å²) in [6.07, 6.45) is 1.18. The Bertz CT molecular complexity index is 488. The molecule has 0 aliphatic heterocycles. The van der Waals surface area contributed by atoms with E-state index < -0.39 is 0 Å². The van der Waals surface area contributed by atoms with Crippen LogP contribution in [-0.4, -0.2) is 7.05 Å². The first kappa shape index (κ1) is 12.1. The molecule has 1 heteroatoms. The highest BCUT2D eigenvalue weighted by molar-refractivity contribution is 5.83. The fourth-order valence-electron chi connectivity index (χ4n) is 2.32. The Kier molecular flexibility index (Phi) is 3.80. The second-order valence-corrected chi connectivity index (χ2v) is 5.08. The zero-order valence-corrected chi connectivity index (χ0v) is 10.9. The number of benzene rings is 2. The van der Waals surface area contributed by atoms with Gasteiger partial charge in [-0.15, -0.1) is 0 Å². The fraction of sp³-hybridized carbons (Fsp3) is 0.375. The summed E-state index contributed by atoms with van der Waals surface area (Å²) in [6, 6.07) is 15.8. The van der Waals surface area contributed by atoms with Crippen molar-refractivity contribution in [3.05, 3.63) is 48.0 Å². The molecule has 1 atom stereocenters. The summed E-state index contributed by atoms with van der Waals surface area (Å²) in [7, 11) is 2.04. The van der Waals surface area contributed by atoms with E-state index >= 15 is 0 Å². The highest BCUT2D eigenvalue weighted by atomic mass is 14.9. The van der Waals surface area contributed by atoms with Crippen molar-refractivity contribution in [2.75, 3.05) is 7.05 Å². The summed E-state index contributed by atoms with van der Waals surface area (Å²) >= 11 is 0. The van der Waals surface area contributed by atoms with Crippen molar-refractivity contribution in [3.63, 3.8) is 0 Å². The molecule has 0 heterocycles. The van der Waals surface area contributed by atoms with Gasteiger partial charge in [0, 0.05) is 6.04 Å². The molecule has 0 bridgehead atoms. The molecule has 2 aromatic rings. The Labute approximate surface area is 104 Å². The zero-order valence-electron chi connectivity index (χ0n) is 10.9. The first-order chi connectivity index (χ1) is 8.20. The van der Waals surface area contributed by atoms with Crippen molar-refractivity contribution in [3.8, 4) is 0 Å². The third-order valence-electron chi connectivity index (χ3n) is 3.23. The highest BCUT2D eigenvalue weighted by Crippen LogP contribution is 2.24. The minimum absolute atomic E-state index is 0.458. The number of hydrogen-bond donors (Lipinski definition) is 1. The van der Waals surface area contributed by atoms with Crippen LogP contribution >= 0.6 is 0 Å². The van der Waals surface area contributed by atoms with E-state index in [9.17, 15) is 0 Å². The maximum Gasteiger partial charge on any atom is 0.0320 e. The van der Waals surface area contributed by atoms with Crippen LogP contribution in [0.3, 0.4) is 0 Å². The molecule has 2 rings (SSSR count). The van der Waals surface area contributed by atoms with Crippen molar-refractivity contribution < 1.29 is 0 Å². The Morgan fingerprint density at radius 2 is 1.71 bits per heavy atom. The Morgan fingerprint density at radius 3 is 2.35 bits per heavy atom. The van der Waals surface area contributed by atoms with Gasteiger partial charge < -0.3 is 5.32 Å². The maximum atomic E-state index is 3.41. The lowest BCUT2D eigenvalue weighted by molar-refractivity contribution is 0.457. The minimum atomic E-state index is 0.458. The van der Waals surface area contributed by atoms with E-state index in [1.165, 1.54) is 22.8 Å². The first-order valence-electron chi connectivity index (χ1n) is 6.36. The van der Waals surface area contributed by atoms with Gasteiger partial charge in [-0.25, -0.2) is 0 Å². The molecule has 17 heavy (non-hydrogen) atoms. The van der Waals surface area contributed by atoms with Crippen LogP contribution in [0.25, 0.3) is 10.8 Å². The van der Waals surface area contributed by atoms with Crippen LogP contribution in [0.1, 0.15) is 31.9 Å². The minimum Gasteiger partial charge on any atom is -0.313 e. The van der Waals surface area contributed by atoms with E-state index in [4.69, 9.17) is 0 Å². The molecular weight excluding hydrogens is 206 g/mol. The normalized spacial score (nSPS) is 13.2. The average Bonchev–Trinajstić information content (AvgIpc) is 2.35. The van der Waals surface area contributed by atoms with Crippen LogP contribution in [0.15, 0.2) is 42.5 Å². The maximum absolute atomic E-state index is 3.41. The predicted octanol–water partition coefficient (Wildman–Crippen LogP) is 4.15. The Hall–Kier alpha value is -1.34. The van der Waals surface area contributed by atoms with Gasteiger partial charge in [0.1, 0.15) is 0 Å². The molecule has 0 aliphatic carbocycles. The highest BCUT2D eigenvalue weighted by Gasteiger charge is 2.11. The topological polar surface area (TPSA) is 12.0 Å². The van der Waals surface area contributed by atoms with Crippen LogP contribution in [0, 0.1) is 5.92 Å². The van der Waals surface area contributed by atoms with E-state index in [1.54, 1.807) is 0 Å². The summed E-state index contributed by atoms with van der Waals surface area (Å²) in [5, 5.41) is 6.06. The molecule has 90 valence electrons. The van der Waals surface area contributed by atoms with Gasteiger partial charge in [-0.05, 0) is 41.8 Å². The molecule has 1 unspecified atom stereocenters.